The minimum Gasteiger partial charge on any atom is -0.507 e. The zero-order valence-corrected chi connectivity index (χ0v) is 11.7. The van der Waals surface area contributed by atoms with Crippen LogP contribution < -0.4 is 0 Å². The fraction of sp³-hybridized carbons (Fsp3) is 0.500. The lowest BCUT2D eigenvalue weighted by Crippen LogP contribution is -2.35. The molecule has 1 fully saturated rings. The largest absolute Gasteiger partial charge is 0.507 e. The van der Waals surface area contributed by atoms with Crippen LogP contribution in [0.25, 0.3) is 0 Å². The van der Waals surface area contributed by atoms with Gasteiger partial charge < -0.3 is 10.2 Å². The van der Waals surface area contributed by atoms with Gasteiger partial charge in [0.2, 0.25) is 0 Å². The number of piperidine rings is 1. The van der Waals surface area contributed by atoms with Crippen LogP contribution in [0.5, 0.6) is 5.75 Å². The number of hydrogen-bond donors (Lipinski definition) is 2. The number of hydrogen-bond acceptors (Lipinski definition) is 4. The first-order valence-corrected chi connectivity index (χ1v) is 6.78. The van der Waals surface area contributed by atoms with Gasteiger partial charge in [-0.05, 0) is 31.9 Å². The first-order valence-electron chi connectivity index (χ1n) is 6.40. The number of carbonyl (C=O) groups excluding carboxylic acids is 1. The van der Waals surface area contributed by atoms with Crippen molar-refractivity contribution in [2.24, 2.45) is 0 Å². The van der Waals surface area contributed by atoms with E-state index in [-0.39, 0.29) is 23.2 Å². The molecule has 2 rings (SSSR count). The van der Waals surface area contributed by atoms with Crippen LogP contribution >= 0.6 is 11.6 Å². The summed E-state index contributed by atoms with van der Waals surface area (Å²) in [6.07, 6.45) is 1.25. The molecule has 1 aliphatic rings. The maximum atomic E-state index is 11.4. The summed E-state index contributed by atoms with van der Waals surface area (Å²) >= 11 is 5.99. The molecule has 1 saturated heterocycles. The van der Waals surface area contributed by atoms with Crippen LogP contribution in [0.15, 0.2) is 12.1 Å². The monoisotopic (exact) mass is 283 g/mol. The van der Waals surface area contributed by atoms with Crippen molar-refractivity contribution in [3.05, 3.63) is 28.3 Å². The summed E-state index contributed by atoms with van der Waals surface area (Å²) in [5.74, 6) is -0.182. The molecule has 0 aromatic heterocycles. The van der Waals surface area contributed by atoms with Gasteiger partial charge >= 0.3 is 0 Å². The van der Waals surface area contributed by atoms with E-state index >= 15 is 0 Å². The molecule has 4 nitrogen and oxygen atoms in total. The van der Waals surface area contributed by atoms with Gasteiger partial charge in [0.25, 0.3) is 0 Å². The number of nitrogens with zero attached hydrogens (tertiary/aromatic N) is 1. The average molecular weight is 284 g/mol. The Morgan fingerprint density at radius 1 is 1.42 bits per heavy atom. The lowest BCUT2D eigenvalue weighted by molar-refractivity contribution is 0.0789. The van der Waals surface area contributed by atoms with Gasteiger partial charge in [-0.2, -0.15) is 0 Å². The van der Waals surface area contributed by atoms with E-state index in [2.05, 4.69) is 4.90 Å². The van der Waals surface area contributed by atoms with Gasteiger partial charge in [0, 0.05) is 30.2 Å². The lowest BCUT2D eigenvalue weighted by Gasteiger charge is -2.29. The Hall–Kier alpha value is -1.10. The highest BCUT2D eigenvalue weighted by Gasteiger charge is 2.20. The molecule has 1 heterocycles. The molecule has 1 aromatic rings. The van der Waals surface area contributed by atoms with E-state index in [0.717, 1.165) is 25.9 Å². The SMILES string of the molecule is CC(=O)c1cc(Cl)cc(CN2CCC(O)CC2)c1O. The van der Waals surface area contributed by atoms with E-state index in [1.807, 2.05) is 0 Å². The summed E-state index contributed by atoms with van der Waals surface area (Å²) in [5.41, 5.74) is 0.925. The number of rotatable bonds is 3. The van der Waals surface area contributed by atoms with Gasteiger partial charge in [-0.25, -0.2) is 0 Å². The van der Waals surface area contributed by atoms with E-state index in [1.54, 1.807) is 6.07 Å². The Morgan fingerprint density at radius 2 is 2.05 bits per heavy atom. The number of phenols is 1. The number of aliphatic hydroxyl groups is 1. The second-order valence-corrected chi connectivity index (χ2v) is 5.46. The minimum absolute atomic E-state index is 0.0167. The Bertz CT molecular complexity index is 482. The molecule has 0 unspecified atom stereocenters. The fourth-order valence-corrected chi connectivity index (χ4v) is 2.60. The summed E-state index contributed by atoms with van der Waals surface area (Å²) in [5, 5.41) is 20.0. The predicted molar refractivity (Wildman–Crippen MR) is 73.6 cm³/mol. The number of phenolic OH excluding ortho intramolecular Hbond substituents is 1. The number of Topliss-reactive ketones (excluding diaryl/α,β-unsaturated/α-hetero) is 1. The summed E-state index contributed by atoms with van der Waals surface area (Å²) in [7, 11) is 0. The molecule has 104 valence electrons. The summed E-state index contributed by atoms with van der Waals surface area (Å²) in [6.45, 7) is 3.51. The van der Waals surface area contributed by atoms with Gasteiger partial charge in [-0.3, -0.25) is 9.69 Å². The van der Waals surface area contributed by atoms with Crippen LogP contribution in [-0.2, 0) is 6.54 Å². The van der Waals surface area contributed by atoms with Crippen LogP contribution in [0, 0.1) is 0 Å². The highest BCUT2D eigenvalue weighted by atomic mass is 35.5. The predicted octanol–water partition coefficient (Wildman–Crippen LogP) is 2.20. The minimum atomic E-state index is -0.225. The topological polar surface area (TPSA) is 60.8 Å². The third-order valence-corrected chi connectivity index (χ3v) is 3.70. The van der Waals surface area contributed by atoms with Crippen molar-refractivity contribution in [2.45, 2.75) is 32.4 Å². The van der Waals surface area contributed by atoms with Crippen molar-refractivity contribution >= 4 is 17.4 Å². The maximum Gasteiger partial charge on any atom is 0.163 e. The Kier molecular flexibility index (Phi) is 4.45. The van der Waals surface area contributed by atoms with Crippen molar-refractivity contribution in [1.29, 1.82) is 0 Å². The smallest absolute Gasteiger partial charge is 0.163 e. The number of ketones is 1. The van der Waals surface area contributed by atoms with Gasteiger partial charge in [0.05, 0.1) is 11.7 Å². The van der Waals surface area contributed by atoms with Crippen LogP contribution in [0.1, 0.15) is 35.7 Å². The van der Waals surface area contributed by atoms with Crippen LogP contribution in [0.3, 0.4) is 0 Å². The molecule has 0 radical (unpaired) electrons. The molecule has 2 N–H and O–H groups in total. The Morgan fingerprint density at radius 3 is 2.63 bits per heavy atom. The summed E-state index contributed by atoms with van der Waals surface area (Å²) in [6, 6.07) is 3.18. The molecular weight excluding hydrogens is 266 g/mol. The van der Waals surface area contributed by atoms with Gasteiger partial charge in [-0.1, -0.05) is 11.6 Å². The fourth-order valence-electron chi connectivity index (χ4n) is 2.36. The van der Waals surface area contributed by atoms with Crippen molar-refractivity contribution < 1.29 is 15.0 Å². The second kappa shape index (κ2) is 5.90. The maximum absolute atomic E-state index is 11.4. The number of carbonyl (C=O) groups is 1. The number of halogens is 1. The van der Waals surface area contributed by atoms with Crippen molar-refractivity contribution in [1.82, 2.24) is 4.90 Å². The third-order valence-electron chi connectivity index (χ3n) is 3.48. The molecule has 5 heteroatoms. The number of benzene rings is 1. The molecule has 19 heavy (non-hydrogen) atoms. The standard InChI is InChI=1S/C14H18ClNO3/c1-9(17)13-7-11(15)6-10(14(13)19)8-16-4-2-12(18)3-5-16/h6-7,12,18-19H,2-5,8H2,1H3. The summed E-state index contributed by atoms with van der Waals surface area (Å²) in [4.78, 5) is 13.6. The molecular formula is C14H18ClNO3. The highest BCUT2D eigenvalue weighted by molar-refractivity contribution is 6.31. The first-order chi connectivity index (χ1) is 8.97. The Balaban J connectivity index is 2.18. The average Bonchev–Trinajstić information content (AvgIpc) is 2.35. The lowest BCUT2D eigenvalue weighted by atomic mass is 10.0. The third kappa shape index (κ3) is 3.47. The van der Waals surface area contributed by atoms with E-state index < -0.39 is 0 Å². The molecule has 0 atom stereocenters. The molecule has 0 spiro atoms. The molecule has 1 aliphatic heterocycles. The van der Waals surface area contributed by atoms with E-state index in [9.17, 15) is 15.0 Å². The molecule has 1 aromatic carbocycles. The highest BCUT2D eigenvalue weighted by Crippen LogP contribution is 2.29. The van der Waals surface area contributed by atoms with Gasteiger partial charge in [0.15, 0.2) is 5.78 Å². The second-order valence-electron chi connectivity index (χ2n) is 5.02. The van der Waals surface area contributed by atoms with Crippen LogP contribution in [-0.4, -0.2) is 40.1 Å². The van der Waals surface area contributed by atoms with E-state index in [4.69, 9.17) is 11.6 Å². The zero-order chi connectivity index (χ0) is 14.0. The van der Waals surface area contributed by atoms with Gasteiger partial charge in [-0.15, -0.1) is 0 Å². The van der Waals surface area contributed by atoms with Crippen molar-refractivity contribution in [2.75, 3.05) is 13.1 Å². The molecule has 0 bridgehead atoms. The van der Waals surface area contributed by atoms with E-state index in [1.165, 1.54) is 13.0 Å². The van der Waals surface area contributed by atoms with Crippen molar-refractivity contribution in [3.63, 3.8) is 0 Å². The summed E-state index contributed by atoms with van der Waals surface area (Å²) < 4.78 is 0. The van der Waals surface area contributed by atoms with Crippen LogP contribution in [0.4, 0.5) is 0 Å². The quantitative estimate of drug-likeness (QED) is 0.835. The Labute approximate surface area is 117 Å². The molecule has 0 amide bonds. The number of aromatic hydroxyl groups is 1. The number of likely N-dealkylation sites (tertiary alicyclic amines) is 1. The van der Waals surface area contributed by atoms with Crippen LogP contribution in [0.2, 0.25) is 5.02 Å². The van der Waals surface area contributed by atoms with Gasteiger partial charge in [0.1, 0.15) is 5.75 Å². The molecule has 0 saturated carbocycles. The first kappa shape index (κ1) is 14.3. The normalized spacial score (nSPS) is 17.6. The number of aliphatic hydroxyl groups excluding tert-OH is 1. The molecule has 0 aliphatic carbocycles. The van der Waals surface area contributed by atoms with Crippen molar-refractivity contribution in [3.8, 4) is 5.75 Å². The van der Waals surface area contributed by atoms with E-state index in [0.29, 0.717) is 17.1 Å². The zero-order valence-electron chi connectivity index (χ0n) is 10.9.